The summed E-state index contributed by atoms with van der Waals surface area (Å²) in [6.07, 6.45) is 1.06. The molecule has 1 amide bonds. The number of hydrogen-bond acceptors (Lipinski definition) is 5. The number of aryl methyl sites for hydroxylation is 1. The van der Waals surface area contributed by atoms with Crippen LogP contribution in [0, 0.1) is 6.92 Å². The molecule has 0 fully saturated rings. The molecular formula is C24H25N3O3S. The van der Waals surface area contributed by atoms with E-state index in [9.17, 15) is 9.59 Å². The number of aromatic amines is 1. The smallest absolute Gasteiger partial charge is 0.257 e. The second-order valence-electron chi connectivity index (χ2n) is 7.60. The van der Waals surface area contributed by atoms with Gasteiger partial charge in [-0.2, -0.15) is 0 Å². The van der Waals surface area contributed by atoms with E-state index in [1.54, 1.807) is 0 Å². The molecule has 0 spiro atoms. The highest BCUT2D eigenvalue weighted by molar-refractivity contribution is 7.98. The van der Waals surface area contributed by atoms with Crippen LogP contribution in [0.1, 0.15) is 47.9 Å². The van der Waals surface area contributed by atoms with Crippen LogP contribution in [0.2, 0.25) is 0 Å². The number of ether oxygens (including phenoxy) is 1. The van der Waals surface area contributed by atoms with E-state index in [2.05, 4.69) is 39.6 Å². The summed E-state index contributed by atoms with van der Waals surface area (Å²) in [5.41, 5.74) is 3.42. The Balaban J connectivity index is 1.65. The number of carbonyl (C=O) groups is 1. The topological polar surface area (TPSA) is 84.1 Å². The number of hydrogen-bond donors (Lipinski definition) is 2. The first-order valence-electron chi connectivity index (χ1n) is 10.4. The highest BCUT2D eigenvalue weighted by atomic mass is 32.2. The van der Waals surface area contributed by atoms with Crippen molar-refractivity contribution in [2.45, 2.75) is 43.5 Å². The van der Waals surface area contributed by atoms with E-state index in [0.29, 0.717) is 34.6 Å². The fourth-order valence-corrected chi connectivity index (χ4v) is 4.45. The third-order valence-electron chi connectivity index (χ3n) is 5.18. The van der Waals surface area contributed by atoms with E-state index in [1.807, 2.05) is 38.1 Å². The number of amides is 1. The summed E-state index contributed by atoms with van der Waals surface area (Å²) in [5.74, 6) is 1.15. The normalized spacial score (nSPS) is 15.3. The van der Waals surface area contributed by atoms with Gasteiger partial charge in [-0.05, 0) is 25.0 Å². The van der Waals surface area contributed by atoms with Crippen molar-refractivity contribution in [1.29, 1.82) is 0 Å². The molecule has 7 heteroatoms. The Bertz CT molecular complexity index is 1140. The van der Waals surface area contributed by atoms with Crippen LogP contribution in [0.25, 0.3) is 0 Å². The number of thioether (sulfide) groups is 1. The van der Waals surface area contributed by atoms with Crippen molar-refractivity contribution in [2.75, 3.05) is 11.9 Å². The van der Waals surface area contributed by atoms with Gasteiger partial charge < -0.3 is 15.0 Å². The zero-order chi connectivity index (χ0) is 21.8. The Kier molecular flexibility index (Phi) is 6.42. The molecule has 1 aliphatic rings. The minimum Gasteiger partial charge on any atom is -0.493 e. The van der Waals surface area contributed by atoms with Gasteiger partial charge in [0.2, 0.25) is 5.91 Å². The van der Waals surface area contributed by atoms with Crippen LogP contribution >= 0.6 is 11.8 Å². The summed E-state index contributed by atoms with van der Waals surface area (Å²) in [5, 5.41) is 3.27. The highest BCUT2D eigenvalue weighted by Gasteiger charge is 2.32. The highest BCUT2D eigenvalue weighted by Crippen LogP contribution is 2.38. The molecule has 0 saturated heterocycles. The van der Waals surface area contributed by atoms with Gasteiger partial charge in [-0.25, -0.2) is 4.98 Å². The summed E-state index contributed by atoms with van der Waals surface area (Å²) < 4.78 is 5.88. The zero-order valence-electron chi connectivity index (χ0n) is 17.6. The Hall–Kier alpha value is -3.06. The maximum atomic E-state index is 13.1. The Labute approximate surface area is 185 Å². The molecule has 4 rings (SSSR count). The molecule has 1 aliphatic heterocycles. The first-order chi connectivity index (χ1) is 15.0. The predicted molar refractivity (Wildman–Crippen MR) is 123 cm³/mol. The van der Waals surface area contributed by atoms with E-state index in [4.69, 9.17) is 4.74 Å². The SMILES string of the molecule is CCCOc1ccccc1[C@@H]1CC(=O)Nc2nc(SCc3ccc(C)cc3)[nH]c(=O)c21. The van der Waals surface area contributed by atoms with Crippen molar-refractivity contribution >= 4 is 23.5 Å². The van der Waals surface area contributed by atoms with Crippen LogP contribution in [0.3, 0.4) is 0 Å². The molecule has 2 aromatic carbocycles. The van der Waals surface area contributed by atoms with Gasteiger partial charge in [0, 0.05) is 23.7 Å². The van der Waals surface area contributed by atoms with Gasteiger partial charge in [0.05, 0.1) is 12.2 Å². The van der Waals surface area contributed by atoms with Crippen LogP contribution in [0.5, 0.6) is 5.75 Å². The molecule has 31 heavy (non-hydrogen) atoms. The van der Waals surface area contributed by atoms with Crippen molar-refractivity contribution < 1.29 is 9.53 Å². The molecule has 2 heterocycles. The Morgan fingerprint density at radius 3 is 2.68 bits per heavy atom. The number of H-pyrrole nitrogens is 1. The third-order valence-corrected chi connectivity index (χ3v) is 6.13. The summed E-state index contributed by atoms with van der Waals surface area (Å²) in [7, 11) is 0. The number of nitrogens with one attached hydrogen (secondary N) is 2. The lowest BCUT2D eigenvalue weighted by molar-refractivity contribution is -0.116. The lowest BCUT2D eigenvalue weighted by Crippen LogP contribution is -2.31. The minimum atomic E-state index is -0.399. The Morgan fingerprint density at radius 2 is 1.90 bits per heavy atom. The van der Waals surface area contributed by atoms with Gasteiger partial charge in [0.15, 0.2) is 5.16 Å². The first kappa shape index (κ1) is 21.2. The number of fused-ring (bicyclic) bond motifs is 1. The molecule has 0 bridgehead atoms. The predicted octanol–water partition coefficient (Wildman–Crippen LogP) is 4.63. The van der Waals surface area contributed by atoms with E-state index >= 15 is 0 Å². The molecule has 160 valence electrons. The van der Waals surface area contributed by atoms with Gasteiger partial charge >= 0.3 is 0 Å². The summed E-state index contributed by atoms with van der Waals surface area (Å²) in [6.45, 7) is 4.66. The molecule has 1 atom stereocenters. The maximum Gasteiger partial charge on any atom is 0.257 e. The summed E-state index contributed by atoms with van der Waals surface area (Å²) >= 11 is 1.44. The minimum absolute atomic E-state index is 0.157. The zero-order valence-corrected chi connectivity index (χ0v) is 18.4. The number of benzene rings is 2. The first-order valence-corrected chi connectivity index (χ1v) is 11.4. The molecule has 2 N–H and O–H groups in total. The van der Waals surface area contributed by atoms with Crippen LogP contribution in [0.15, 0.2) is 58.5 Å². The summed E-state index contributed by atoms with van der Waals surface area (Å²) in [4.78, 5) is 33.0. The van der Waals surface area contributed by atoms with Gasteiger partial charge in [0.1, 0.15) is 11.6 Å². The van der Waals surface area contributed by atoms with Crippen molar-refractivity contribution in [1.82, 2.24) is 9.97 Å². The molecule has 0 saturated carbocycles. The van der Waals surface area contributed by atoms with E-state index < -0.39 is 5.92 Å². The maximum absolute atomic E-state index is 13.1. The number of rotatable bonds is 7. The number of anilines is 1. The van der Waals surface area contributed by atoms with E-state index in [0.717, 1.165) is 17.5 Å². The average molecular weight is 436 g/mol. The molecule has 6 nitrogen and oxygen atoms in total. The number of aromatic nitrogens is 2. The van der Waals surface area contributed by atoms with Crippen molar-refractivity contribution in [3.05, 3.63) is 81.1 Å². The molecule has 0 radical (unpaired) electrons. The number of para-hydroxylation sites is 1. The van der Waals surface area contributed by atoms with Crippen LogP contribution < -0.4 is 15.6 Å². The molecule has 0 unspecified atom stereocenters. The van der Waals surface area contributed by atoms with Gasteiger partial charge in [-0.15, -0.1) is 0 Å². The second-order valence-corrected chi connectivity index (χ2v) is 8.56. The standard InChI is InChI=1S/C24H25N3O3S/c1-3-12-30-19-7-5-4-6-17(19)18-13-20(28)25-22-21(18)23(29)27-24(26-22)31-14-16-10-8-15(2)9-11-16/h4-11,18H,3,12-14H2,1-2H3,(H2,25,26,27,28,29)/t18-/m0/s1. The van der Waals surface area contributed by atoms with Crippen LogP contribution in [-0.4, -0.2) is 22.5 Å². The van der Waals surface area contributed by atoms with E-state index in [-0.39, 0.29) is 17.9 Å². The third kappa shape index (κ3) is 4.82. The Morgan fingerprint density at radius 1 is 1.13 bits per heavy atom. The monoisotopic (exact) mass is 435 g/mol. The summed E-state index contributed by atoms with van der Waals surface area (Å²) in [6, 6.07) is 15.8. The fraction of sp³-hybridized carbons (Fsp3) is 0.292. The largest absolute Gasteiger partial charge is 0.493 e. The second kappa shape index (κ2) is 9.39. The number of nitrogens with zero attached hydrogens (tertiary/aromatic N) is 1. The van der Waals surface area contributed by atoms with Crippen molar-refractivity contribution in [3.8, 4) is 5.75 Å². The molecule has 3 aromatic rings. The molecular weight excluding hydrogens is 410 g/mol. The van der Waals surface area contributed by atoms with Crippen LogP contribution in [-0.2, 0) is 10.5 Å². The van der Waals surface area contributed by atoms with Gasteiger partial charge in [-0.3, -0.25) is 9.59 Å². The molecule has 1 aromatic heterocycles. The lowest BCUT2D eigenvalue weighted by Gasteiger charge is -2.26. The lowest BCUT2D eigenvalue weighted by atomic mass is 9.86. The van der Waals surface area contributed by atoms with Crippen molar-refractivity contribution in [3.63, 3.8) is 0 Å². The van der Waals surface area contributed by atoms with E-state index in [1.165, 1.54) is 17.3 Å². The van der Waals surface area contributed by atoms with Gasteiger partial charge in [-0.1, -0.05) is 66.7 Å². The van der Waals surface area contributed by atoms with Gasteiger partial charge in [0.25, 0.3) is 5.56 Å². The van der Waals surface area contributed by atoms with Crippen LogP contribution in [0.4, 0.5) is 5.82 Å². The quantitative estimate of drug-likeness (QED) is 0.417. The fourth-order valence-electron chi connectivity index (χ4n) is 3.63. The van der Waals surface area contributed by atoms with Crippen molar-refractivity contribution in [2.24, 2.45) is 0 Å². The molecule has 0 aliphatic carbocycles. The number of carbonyl (C=O) groups excluding carboxylic acids is 1. The average Bonchev–Trinajstić information content (AvgIpc) is 2.76.